The molecule has 0 aliphatic carbocycles. The zero-order valence-electron chi connectivity index (χ0n) is 32.9. The van der Waals surface area contributed by atoms with Gasteiger partial charge in [-0.2, -0.15) is 0 Å². The van der Waals surface area contributed by atoms with Crippen LogP contribution in [0.2, 0.25) is 0 Å². The molecule has 0 N–H and O–H groups in total. The van der Waals surface area contributed by atoms with Crippen LogP contribution in [-0.2, 0) is 5.41 Å². The van der Waals surface area contributed by atoms with Crippen LogP contribution in [0.25, 0.3) is 27.5 Å². The normalized spacial score (nSPS) is 15.3. The summed E-state index contributed by atoms with van der Waals surface area (Å²) in [5, 5.41) is 2.50. The minimum Gasteiger partial charge on any atom is -0.457 e. The number of anilines is 8. The second kappa shape index (κ2) is 11.9. The molecule has 5 heterocycles. The van der Waals surface area contributed by atoms with E-state index >= 15 is 0 Å². The summed E-state index contributed by atoms with van der Waals surface area (Å²) in [6.07, 6.45) is 1.07. The van der Waals surface area contributed by atoms with Crippen molar-refractivity contribution in [3.63, 3.8) is 0 Å². The van der Waals surface area contributed by atoms with Crippen LogP contribution in [0.5, 0.6) is 11.5 Å². The lowest BCUT2D eigenvalue weighted by Crippen LogP contribution is -2.61. The van der Waals surface area contributed by atoms with Gasteiger partial charge in [-0.05, 0) is 113 Å². The van der Waals surface area contributed by atoms with Crippen LogP contribution < -0.4 is 35.8 Å². The zero-order valence-corrected chi connectivity index (χ0v) is 32.9. The number of para-hydroxylation sites is 3. The highest BCUT2D eigenvalue weighted by atomic mass is 16.5. The third-order valence-corrected chi connectivity index (χ3v) is 13.4. The van der Waals surface area contributed by atoms with Gasteiger partial charge in [0.05, 0.1) is 11.0 Å². The highest BCUT2D eigenvalue weighted by Crippen LogP contribution is 2.50. The predicted molar refractivity (Wildman–Crippen MR) is 246 cm³/mol. The molecule has 0 unspecified atom stereocenters. The maximum atomic E-state index is 6.78. The van der Waals surface area contributed by atoms with Gasteiger partial charge in [0.1, 0.15) is 11.5 Å². The minimum atomic E-state index is -0.0241. The van der Waals surface area contributed by atoms with Crippen LogP contribution in [0.1, 0.15) is 25.8 Å². The Morgan fingerprint density at radius 3 is 2.00 bits per heavy atom. The van der Waals surface area contributed by atoms with E-state index in [-0.39, 0.29) is 12.1 Å². The smallest absolute Gasteiger partial charge is 0.252 e. The summed E-state index contributed by atoms with van der Waals surface area (Å²) >= 11 is 0. The molecule has 5 nitrogen and oxygen atoms in total. The quantitative estimate of drug-likeness (QED) is 0.164. The van der Waals surface area contributed by atoms with Crippen LogP contribution in [0.15, 0.2) is 176 Å². The van der Waals surface area contributed by atoms with Gasteiger partial charge >= 0.3 is 0 Å². The molecule has 0 saturated carbocycles. The molecule has 1 aromatic heterocycles. The molecule has 0 fully saturated rings. The number of rotatable bonds is 2. The molecule has 0 saturated heterocycles. The number of nitrogens with zero attached hydrogens (tertiary/aromatic N) is 4. The number of benzene rings is 8. The fourth-order valence-electron chi connectivity index (χ4n) is 10.6. The van der Waals surface area contributed by atoms with Crippen molar-refractivity contribution in [2.24, 2.45) is 0 Å². The van der Waals surface area contributed by atoms with Gasteiger partial charge in [0.15, 0.2) is 0 Å². The predicted octanol–water partition coefficient (Wildman–Crippen LogP) is 11.8. The summed E-state index contributed by atoms with van der Waals surface area (Å²) in [6.45, 7) is 5.68. The van der Waals surface area contributed by atoms with E-state index in [0.717, 1.165) is 52.9 Å². The number of fused-ring (bicyclic) bond motifs is 13. The summed E-state index contributed by atoms with van der Waals surface area (Å²) in [7, 11) is 0. The monoisotopic (exact) mass is 758 g/mol. The van der Waals surface area contributed by atoms with Crippen molar-refractivity contribution in [1.29, 1.82) is 0 Å². The van der Waals surface area contributed by atoms with E-state index < -0.39 is 0 Å². The van der Waals surface area contributed by atoms with Crippen LogP contribution in [0.4, 0.5) is 45.5 Å². The Morgan fingerprint density at radius 1 is 0.475 bits per heavy atom. The molecule has 8 aromatic carbocycles. The maximum Gasteiger partial charge on any atom is 0.252 e. The molecule has 4 aliphatic heterocycles. The van der Waals surface area contributed by atoms with Crippen molar-refractivity contribution in [2.75, 3.05) is 21.2 Å². The first-order valence-electron chi connectivity index (χ1n) is 20.7. The molecule has 0 spiro atoms. The molecule has 0 radical (unpaired) electrons. The Balaban J connectivity index is 1.13. The minimum absolute atomic E-state index is 0.0241. The van der Waals surface area contributed by atoms with Gasteiger partial charge in [-0.1, -0.05) is 98.8 Å². The summed E-state index contributed by atoms with van der Waals surface area (Å²) in [6, 6.07) is 64.9. The second-order valence-electron chi connectivity index (χ2n) is 17.1. The highest BCUT2D eigenvalue weighted by Gasteiger charge is 2.44. The third kappa shape index (κ3) is 4.63. The average molecular weight is 759 g/mol. The summed E-state index contributed by atoms with van der Waals surface area (Å²) < 4.78 is 9.21. The first-order valence-corrected chi connectivity index (χ1v) is 20.7. The van der Waals surface area contributed by atoms with Crippen molar-refractivity contribution in [3.05, 3.63) is 181 Å². The molecule has 0 atom stereocenters. The third-order valence-electron chi connectivity index (χ3n) is 13.4. The van der Waals surface area contributed by atoms with E-state index in [1.165, 1.54) is 66.5 Å². The fraction of sp³-hybridized carbons (Fsp3) is 0.0943. The van der Waals surface area contributed by atoms with Crippen molar-refractivity contribution >= 4 is 90.4 Å². The number of aromatic nitrogens is 1. The summed E-state index contributed by atoms with van der Waals surface area (Å²) in [4.78, 5) is 7.49. The lowest BCUT2D eigenvalue weighted by Gasteiger charge is -2.45. The van der Waals surface area contributed by atoms with E-state index in [0.29, 0.717) is 0 Å². The Morgan fingerprint density at radius 2 is 1.17 bits per heavy atom. The van der Waals surface area contributed by atoms with Crippen molar-refractivity contribution in [3.8, 4) is 17.2 Å². The molecular weight excluding hydrogens is 719 g/mol. The highest BCUT2D eigenvalue weighted by molar-refractivity contribution is 7.00. The van der Waals surface area contributed by atoms with Crippen LogP contribution >= 0.6 is 0 Å². The van der Waals surface area contributed by atoms with Crippen molar-refractivity contribution in [2.45, 2.75) is 25.7 Å². The lowest BCUT2D eigenvalue weighted by molar-refractivity contribution is 0.466. The van der Waals surface area contributed by atoms with Gasteiger partial charge in [0.2, 0.25) is 0 Å². The van der Waals surface area contributed by atoms with Crippen molar-refractivity contribution < 1.29 is 4.74 Å². The SMILES string of the molecule is CC1(C)CCN2c3cccc(c3)Oc3ccc4c(c3)N(c3ccc1c2c3)c1cccc2c1B4c1cc3c4ccccc4n(-c4ccccc4)c3cc1N2c1ccccc1. The second-order valence-corrected chi connectivity index (χ2v) is 17.1. The van der Waals surface area contributed by atoms with E-state index in [9.17, 15) is 0 Å². The standard InChI is InChI=1S/C53H39BN4O/c1-53(2)27-28-55-36-17-11-18-38(29-36)59-39-24-26-43-50(31-39)58(37-23-25-42(53)49(55)30-37)47-22-12-21-46-52(47)54(43)44-32-41-40-19-9-10-20-45(40)56(34-13-5-3-6-14-34)48(41)33-51(44)57(46)35-15-7-4-8-16-35/h3-26,29-33H,27-28H2,1-2H3. The van der Waals surface area contributed by atoms with Crippen LogP contribution in [0.3, 0.4) is 0 Å². The molecule has 0 amide bonds. The first kappa shape index (κ1) is 32.9. The zero-order chi connectivity index (χ0) is 39.0. The van der Waals surface area contributed by atoms with E-state index in [2.05, 4.69) is 209 Å². The Bertz CT molecular complexity index is 3210. The molecule has 4 aliphatic rings. The Hall–Kier alpha value is -7.18. The van der Waals surface area contributed by atoms with E-state index in [1.54, 1.807) is 0 Å². The molecule has 6 heteroatoms. The number of ether oxygens (including phenoxy) is 1. The van der Waals surface area contributed by atoms with Crippen LogP contribution in [-0.4, -0.2) is 17.8 Å². The topological polar surface area (TPSA) is 23.9 Å². The van der Waals surface area contributed by atoms with Crippen molar-refractivity contribution in [1.82, 2.24) is 4.57 Å². The molecular formula is C53H39BN4O. The number of hydrogen-bond donors (Lipinski definition) is 0. The molecule has 9 aromatic rings. The van der Waals surface area contributed by atoms with Crippen LogP contribution in [0, 0.1) is 0 Å². The van der Waals surface area contributed by atoms with Gasteiger partial charge < -0.3 is 24.0 Å². The van der Waals surface area contributed by atoms with E-state index in [4.69, 9.17) is 4.74 Å². The van der Waals surface area contributed by atoms with Gasteiger partial charge in [-0.15, -0.1) is 0 Å². The maximum absolute atomic E-state index is 6.78. The fourth-order valence-corrected chi connectivity index (χ4v) is 10.6. The van der Waals surface area contributed by atoms with Gasteiger partial charge in [0, 0.05) is 80.6 Å². The molecule has 280 valence electrons. The summed E-state index contributed by atoms with van der Waals surface area (Å²) in [5.41, 5.74) is 18.2. The molecule has 6 bridgehead atoms. The van der Waals surface area contributed by atoms with E-state index in [1.807, 2.05) is 0 Å². The van der Waals surface area contributed by atoms with Gasteiger partial charge in [-0.3, -0.25) is 0 Å². The Labute approximate surface area is 344 Å². The first-order chi connectivity index (χ1) is 29.0. The molecule has 13 rings (SSSR count). The largest absolute Gasteiger partial charge is 0.457 e. The van der Waals surface area contributed by atoms with Gasteiger partial charge in [-0.25, -0.2) is 0 Å². The number of hydrogen-bond acceptors (Lipinski definition) is 4. The average Bonchev–Trinajstić information content (AvgIpc) is 3.59. The molecule has 59 heavy (non-hydrogen) atoms. The Kier molecular flexibility index (Phi) is 6.65. The summed E-state index contributed by atoms with van der Waals surface area (Å²) in [5.74, 6) is 1.67. The van der Waals surface area contributed by atoms with Gasteiger partial charge in [0.25, 0.3) is 6.71 Å². The lowest BCUT2D eigenvalue weighted by atomic mass is 9.33.